The van der Waals surface area contributed by atoms with Gasteiger partial charge in [0.1, 0.15) is 0 Å². The van der Waals surface area contributed by atoms with Gasteiger partial charge in [0, 0.05) is 11.8 Å². The Morgan fingerprint density at radius 1 is 0.857 bits per heavy atom. The molecule has 0 radical (unpaired) electrons. The molecule has 0 fully saturated rings. The van der Waals surface area contributed by atoms with Gasteiger partial charge in [-0.25, -0.2) is 0 Å². The molecule has 2 nitrogen and oxygen atoms in total. The number of hydrogen-bond acceptors (Lipinski definition) is 1. The monoisotopic (exact) mass is 291 g/mol. The molecule has 1 unspecified atom stereocenters. The van der Waals surface area contributed by atoms with Crippen LogP contribution in [-0.4, -0.2) is 12.2 Å². The quantitative estimate of drug-likeness (QED) is 0.436. The summed E-state index contributed by atoms with van der Waals surface area (Å²) in [5.74, 6) is -0.0251. The van der Waals surface area contributed by atoms with Crippen LogP contribution in [0.25, 0.3) is 32.3 Å². The molecule has 102 valence electrons. The molecule has 4 aromatic rings. The van der Waals surface area contributed by atoms with Gasteiger partial charge in [-0.05, 0) is 38.4 Å². The number of amides is 1. The van der Waals surface area contributed by atoms with E-state index >= 15 is 0 Å². The van der Waals surface area contributed by atoms with Crippen molar-refractivity contribution in [3.63, 3.8) is 0 Å². The Balaban J connectivity index is 2.18. The minimum absolute atomic E-state index is 0.0251. The highest BCUT2D eigenvalue weighted by molar-refractivity contribution is 7.16. The molecule has 0 aliphatic carbocycles. The van der Waals surface area contributed by atoms with Crippen molar-refractivity contribution in [3.8, 4) is 0 Å². The van der Waals surface area contributed by atoms with Crippen LogP contribution in [0.4, 0.5) is 0 Å². The van der Waals surface area contributed by atoms with Crippen LogP contribution in [0.3, 0.4) is 0 Å². The van der Waals surface area contributed by atoms with Gasteiger partial charge in [0.25, 0.3) is 5.91 Å². The van der Waals surface area contributed by atoms with Crippen molar-refractivity contribution in [2.75, 3.05) is 6.29 Å². The Morgan fingerprint density at radius 2 is 1.48 bits per heavy atom. The van der Waals surface area contributed by atoms with Gasteiger partial charge in [0.05, 0.1) is 0 Å². The van der Waals surface area contributed by atoms with Crippen molar-refractivity contribution < 1.29 is 4.79 Å². The summed E-state index contributed by atoms with van der Waals surface area (Å²) in [6.07, 6.45) is 0.556. The van der Waals surface area contributed by atoms with Crippen molar-refractivity contribution in [2.24, 2.45) is 0 Å². The number of benzene rings is 4. The first-order valence-corrected chi connectivity index (χ1v) is 7.76. The van der Waals surface area contributed by atoms with E-state index in [1.807, 2.05) is 12.1 Å². The molecule has 0 aromatic heterocycles. The van der Waals surface area contributed by atoms with Crippen molar-refractivity contribution in [1.29, 1.82) is 0 Å². The van der Waals surface area contributed by atoms with E-state index in [4.69, 9.17) is 0 Å². The second-order valence-electron chi connectivity index (χ2n) is 5.18. The summed E-state index contributed by atoms with van der Waals surface area (Å²) in [5.41, 5.74) is 0.739. The molecule has 0 aliphatic rings. The maximum absolute atomic E-state index is 12.3. The summed E-state index contributed by atoms with van der Waals surface area (Å²) in [6.45, 7) is 0. The summed E-state index contributed by atoms with van der Waals surface area (Å²) in [6, 6.07) is 18.7. The summed E-state index contributed by atoms with van der Waals surface area (Å²) in [4.78, 5) is 12.3. The minimum Gasteiger partial charge on any atom is -0.349 e. The fourth-order valence-electron chi connectivity index (χ4n) is 3.12. The minimum atomic E-state index is -0.0251. The first kappa shape index (κ1) is 12.6. The largest absolute Gasteiger partial charge is 0.349 e. The van der Waals surface area contributed by atoms with Crippen molar-refractivity contribution >= 4 is 47.5 Å². The van der Waals surface area contributed by atoms with Gasteiger partial charge < -0.3 is 5.32 Å². The molecule has 0 aliphatic heterocycles. The van der Waals surface area contributed by atoms with Crippen LogP contribution in [0.5, 0.6) is 0 Å². The van der Waals surface area contributed by atoms with Gasteiger partial charge in [-0.2, -0.15) is 0 Å². The first-order valence-electron chi connectivity index (χ1n) is 6.94. The number of rotatable bonds is 2. The SMILES string of the molecule is O=C(NCP)c1ccc2ccc3cccc4ccc1c2c34. The summed E-state index contributed by atoms with van der Waals surface area (Å²) < 4.78 is 0. The van der Waals surface area contributed by atoms with Crippen LogP contribution in [0, 0.1) is 0 Å². The number of hydrogen-bond donors (Lipinski definition) is 1. The zero-order chi connectivity index (χ0) is 14.4. The summed E-state index contributed by atoms with van der Waals surface area (Å²) >= 11 is 0. The molecule has 0 saturated carbocycles. The van der Waals surface area contributed by atoms with Crippen LogP contribution in [0.1, 0.15) is 10.4 Å². The van der Waals surface area contributed by atoms with Crippen LogP contribution in [-0.2, 0) is 0 Å². The van der Waals surface area contributed by atoms with Crippen molar-refractivity contribution in [2.45, 2.75) is 0 Å². The molecular formula is C18H14NOP. The molecule has 3 heteroatoms. The second kappa shape index (κ2) is 4.68. The van der Waals surface area contributed by atoms with Crippen LogP contribution < -0.4 is 5.32 Å². The second-order valence-corrected chi connectivity index (χ2v) is 5.59. The summed E-state index contributed by atoms with van der Waals surface area (Å²) in [5, 5.41) is 9.92. The lowest BCUT2D eigenvalue weighted by Gasteiger charge is -2.13. The van der Waals surface area contributed by atoms with E-state index in [9.17, 15) is 4.79 Å². The molecule has 1 atom stereocenters. The smallest absolute Gasteiger partial charge is 0.252 e. The third-order valence-electron chi connectivity index (χ3n) is 4.04. The lowest BCUT2D eigenvalue weighted by Crippen LogP contribution is -2.21. The predicted octanol–water partition coefficient (Wildman–Crippen LogP) is 4.15. The molecular weight excluding hydrogens is 277 g/mol. The zero-order valence-electron chi connectivity index (χ0n) is 11.4. The van der Waals surface area contributed by atoms with E-state index in [-0.39, 0.29) is 5.91 Å². The van der Waals surface area contributed by atoms with E-state index in [0.29, 0.717) is 6.29 Å². The number of carbonyl (C=O) groups excluding carboxylic acids is 1. The molecule has 1 amide bonds. The van der Waals surface area contributed by atoms with Gasteiger partial charge in [0.15, 0.2) is 0 Å². The maximum Gasteiger partial charge on any atom is 0.252 e. The van der Waals surface area contributed by atoms with Crippen molar-refractivity contribution in [3.05, 3.63) is 60.2 Å². The Bertz CT molecular complexity index is 961. The highest BCUT2D eigenvalue weighted by Crippen LogP contribution is 2.35. The zero-order valence-corrected chi connectivity index (χ0v) is 12.5. The van der Waals surface area contributed by atoms with Gasteiger partial charge in [-0.15, -0.1) is 9.24 Å². The Hall–Kier alpha value is -2.18. The van der Waals surface area contributed by atoms with Crippen LogP contribution in [0.15, 0.2) is 54.6 Å². The highest BCUT2D eigenvalue weighted by atomic mass is 31.0. The van der Waals surface area contributed by atoms with Gasteiger partial charge >= 0.3 is 0 Å². The lowest BCUT2D eigenvalue weighted by molar-refractivity contribution is 0.0962. The molecule has 0 spiro atoms. The third kappa shape index (κ3) is 1.80. The van der Waals surface area contributed by atoms with E-state index in [2.05, 4.69) is 57.0 Å². The fourth-order valence-corrected chi connectivity index (χ4v) is 3.31. The third-order valence-corrected chi connectivity index (χ3v) is 4.24. The standard InChI is InChI=1S/C18H14NOP/c20-18(19-10-21)15-9-7-13-5-4-11-2-1-3-12-6-8-14(15)17(13)16(11)12/h1-9H,10,21H2,(H,19,20). The maximum atomic E-state index is 12.3. The molecule has 0 bridgehead atoms. The predicted molar refractivity (Wildman–Crippen MR) is 92.2 cm³/mol. The van der Waals surface area contributed by atoms with E-state index in [1.165, 1.54) is 26.9 Å². The van der Waals surface area contributed by atoms with E-state index in [0.717, 1.165) is 10.9 Å². The molecule has 4 rings (SSSR count). The van der Waals surface area contributed by atoms with Gasteiger partial charge in [0.2, 0.25) is 0 Å². The molecule has 21 heavy (non-hydrogen) atoms. The van der Waals surface area contributed by atoms with Crippen LogP contribution >= 0.6 is 9.24 Å². The van der Waals surface area contributed by atoms with Crippen molar-refractivity contribution in [1.82, 2.24) is 5.32 Å². The van der Waals surface area contributed by atoms with E-state index < -0.39 is 0 Å². The highest BCUT2D eigenvalue weighted by Gasteiger charge is 2.14. The number of nitrogens with one attached hydrogen (secondary N) is 1. The van der Waals surface area contributed by atoms with Gasteiger partial charge in [-0.3, -0.25) is 4.79 Å². The molecule has 0 heterocycles. The topological polar surface area (TPSA) is 29.1 Å². The van der Waals surface area contributed by atoms with E-state index in [1.54, 1.807) is 0 Å². The molecule has 4 aromatic carbocycles. The lowest BCUT2D eigenvalue weighted by atomic mass is 9.92. The normalized spacial score (nSPS) is 11.5. The Labute approximate surface area is 124 Å². The number of carbonyl (C=O) groups is 1. The fraction of sp³-hybridized carbons (Fsp3) is 0.0556. The average Bonchev–Trinajstić information content (AvgIpc) is 2.52. The first-order chi connectivity index (χ1) is 10.3. The Kier molecular flexibility index (Phi) is 2.80. The summed E-state index contributed by atoms with van der Waals surface area (Å²) in [7, 11) is 2.52. The average molecular weight is 291 g/mol. The molecule has 1 N–H and O–H groups in total. The Morgan fingerprint density at radius 3 is 2.19 bits per heavy atom. The van der Waals surface area contributed by atoms with Gasteiger partial charge in [-0.1, -0.05) is 48.5 Å². The molecule has 0 saturated heterocycles. The van der Waals surface area contributed by atoms with Crippen LogP contribution in [0.2, 0.25) is 0 Å².